The molecule has 0 radical (unpaired) electrons. The second-order valence-corrected chi connectivity index (χ2v) is 9.05. The molecule has 0 saturated carbocycles. The molecule has 0 amide bonds. The van der Waals surface area contributed by atoms with E-state index in [1.165, 1.54) is 24.3 Å². The molecule has 1 aliphatic carbocycles. The predicted octanol–water partition coefficient (Wildman–Crippen LogP) is 5.85. The van der Waals surface area contributed by atoms with Crippen LogP contribution in [-0.2, 0) is 9.53 Å². The van der Waals surface area contributed by atoms with Gasteiger partial charge in [-0.25, -0.2) is 8.78 Å². The maximum atomic E-state index is 13.6. The standard InChI is InChI=1S/C27H26F2O3/c1-27(2)16-19(17-3-7-20(28)8-4-17)13-24(18-5-9-21(29)10-6-18)25(27)12-11-23-14-22(30)15-26(31)32-23/h3-13,22-23,30H,14-16H2,1-2H3/b12-11+/t22-,23-/m1/s1. The first-order valence-corrected chi connectivity index (χ1v) is 10.7. The Kier molecular flexibility index (Phi) is 6.11. The lowest BCUT2D eigenvalue weighted by molar-refractivity contribution is -0.156. The number of allylic oxidation sites excluding steroid dienone is 5. The minimum atomic E-state index is -0.708. The zero-order valence-corrected chi connectivity index (χ0v) is 18.1. The highest BCUT2D eigenvalue weighted by Crippen LogP contribution is 2.46. The summed E-state index contributed by atoms with van der Waals surface area (Å²) in [5.74, 6) is -1.01. The Labute approximate surface area is 186 Å². The second-order valence-electron chi connectivity index (χ2n) is 9.05. The Bertz CT molecular complexity index is 1090. The molecule has 2 atom stereocenters. The molecule has 5 heteroatoms. The van der Waals surface area contributed by atoms with Gasteiger partial charge in [-0.15, -0.1) is 0 Å². The highest BCUT2D eigenvalue weighted by Gasteiger charge is 2.31. The number of aliphatic hydroxyl groups is 1. The van der Waals surface area contributed by atoms with Crippen molar-refractivity contribution in [3.05, 3.63) is 95.1 Å². The fourth-order valence-electron chi connectivity index (χ4n) is 4.40. The molecule has 0 unspecified atom stereocenters. The van der Waals surface area contributed by atoms with Gasteiger partial charge in [0.15, 0.2) is 0 Å². The maximum absolute atomic E-state index is 13.6. The van der Waals surface area contributed by atoms with Crippen molar-refractivity contribution in [1.29, 1.82) is 0 Å². The minimum absolute atomic E-state index is 0.0170. The summed E-state index contributed by atoms with van der Waals surface area (Å²) in [4.78, 5) is 11.7. The second kappa shape index (κ2) is 8.83. The topological polar surface area (TPSA) is 46.5 Å². The molecule has 2 aliphatic rings. The van der Waals surface area contributed by atoms with Crippen LogP contribution < -0.4 is 0 Å². The van der Waals surface area contributed by atoms with Crippen LogP contribution in [0, 0.1) is 17.0 Å². The van der Waals surface area contributed by atoms with E-state index in [1.54, 1.807) is 24.3 Å². The van der Waals surface area contributed by atoms with Crippen LogP contribution in [0.1, 0.15) is 44.2 Å². The molecule has 32 heavy (non-hydrogen) atoms. The van der Waals surface area contributed by atoms with Crippen molar-refractivity contribution in [2.75, 3.05) is 0 Å². The van der Waals surface area contributed by atoms with Crippen LogP contribution in [0.4, 0.5) is 8.78 Å². The smallest absolute Gasteiger partial charge is 0.309 e. The summed E-state index contributed by atoms with van der Waals surface area (Å²) in [5.41, 5.74) is 4.51. The van der Waals surface area contributed by atoms with Crippen LogP contribution in [0.2, 0.25) is 0 Å². The fraction of sp³-hybridized carbons (Fsp3) is 0.296. The number of halogens is 2. The molecule has 3 nitrogen and oxygen atoms in total. The lowest BCUT2D eigenvalue weighted by Crippen LogP contribution is -2.31. The summed E-state index contributed by atoms with van der Waals surface area (Å²) >= 11 is 0. The fourth-order valence-corrected chi connectivity index (χ4v) is 4.40. The van der Waals surface area contributed by atoms with Crippen LogP contribution in [0.3, 0.4) is 0 Å². The van der Waals surface area contributed by atoms with E-state index in [-0.39, 0.29) is 23.5 Å². The van der Waals surface area contributed by atoms with E-state index in [4.69, 9.17) is 4.74 Å². The summed E-state index contributed by atoms with van der Waals surface area (Å²) in [7, 11) is 0. The number of hydrogen-bond donors (Lipinski definition) is 1. The number of esters is 1. The molecule has 1 N–H and O–H groups in total. The summed E-state index contributed by atoms with van der Waals surface area (Å²) in [6, 6.07) is 12.8. The van der Waals surface area contributed by atoms with Crippen molar-refractivity contribution >= 4 is 17.1 Å². The molecular weight excluding hydrogens is 410 g/mol. The molecule has 2 aromatic carbocycles. The van der Waals surface area contributed by atoms with Crippen molar-refractivity contribution in [2.45, 2.75) is 45.3 Å². The summed E-state index contributed by atoms with van der Waals surface area (Å²) < 4.78 is 32.4. The highest BCUT2D eigenvalue weighted by atomic mass is 19.1. The van der Waals surface area contributed by atoms with E-state index < -0.39 is 18.2 Å². The third-order valence-electron chi connectivity index (χ3n) is 6.01. The van der Waals surface area contributed by atoms with E-state index in [2.05, 4.69) is 19.9 Å². The normalized spacial score (nSPS) is 23.3. The van der Waals surface area contributed by atoms with Crippen LogP contribution in [0.5, 0.6) is 0 Å². The number of aliphatic hydroxyl groups excluding tert-OH is 1. The maximum Gasteiger partial charge on any atom is 0.309 e. The van der Waals surface area contributed by atoms with Gasteiger partial charge in [0, 0.05) is 6.42 Å². The Balaban J connectivity index is 1.79. The van der Waals surface area contributed by atoms with Gasteiger partial charge in [0.25, 0.3) is 0 Å². The largest absolute Gasteiger partial charge is 0.458 e. The Hall–Kier alpha value is -3.05. The van der Waals surface area contributed by atoms with Crippen LogP contribution in [-0.4, -0.2) is 23.3 Å². The molecule has 1 saturated heterocycles. The SMILES string of the molecule is CC1(C)CC(c2ccc(F)cc2)=CC(c2ccc(F)cc2)=C1/C=C/[C@@H]1C[C@@H](O)CC(=O)O1. The number of carbonyl (C=O) groups excluding carboxylic acids is 1. The average molecular weight is 436 g/mol. The van der Waals surface area contributed by atoms with Crippen molar-refractivity contribution in [3.8, 4) is 0 Å². The summed E-state index contributed by atoms with van der Waals surface area (Å²) in [6.45, 7) is 4.24. The van der Waals surface area contributed by atoms with Crippen molar-refractivity contribution in [1.82, 2.24) is 0 Å². The molecule has 1 heterocycles. The number of hydrogen-bond acceptors (Lipinski definition) is 3. The quantitative estimate of drug-likeness (QED) is 0.611. The van der Waals surface area contributed by atoms with Gasteiger partial charge < -0.3 is 9.84 Å². The molecule has 4 rings (SSSR count). The molecule has 0 aromatic heterocycles. The first-order chi connectivity index (χ1) is 15.2. The molecule has 1 aliphatic heterocycles. The van der Waals surface area contributed by atoms with Gasteiger partial charge in [-0.3, -0.25) is 4.79 Å². The Morgan fingerprint density at radius 2 is 1.59 bits per heavy atom. The van der Waals surface area contributed by atoms with Crippen LogP contribution in [0.15, 0.2) is 72.3 Å². The van der Waals surface area contributed by atoms with E-state index in [1.807, 2.05) is 12.2 Å². The first-order valence-electron chi connectivity index (χ1n) is 10.7. The third-order valence-corrected chi connectivity index (χ3v) is 6.01. The number of cyclic esters (lactones) is 1. The van der Waals surface area contributed by atoms with Gasteiger partial charge in [-0.1, -0.05) is 50.3 Å². The zero-order valence-electron chi connectivity index (χ0n) is 18.1. The van der Waals surface area contributed by atoms with E-state index in [9.17, 15) is 18.7 Å². The Morgan fingerprint density at radius 3 is 2.19 bits per heavy atom. The van der Waals surface area contributed by atoms with Gasteiger partial charge in [0.2, 0.25) is 0 Å². The molecule has 166 valence electrons. The lowest BCUT2D eigenvalue weighted by atomic mass is 9.70. The third kappa shape index (κ3) is 4.89. The van der Waals surface area contributed by atoms with Crippen LogP contribution in [0.25, 0.3) is 11.1 Å². The van der Waals surface area contributed by atoms with Gasteiger partial charge in [-0.05, 0) is 70.0 Å². The molecule has 0 spiro atoms. The van der Waals surface area contributed by atoms with Gasteiger partial charge in [-0.2, -0.15) is 0 Å². The summed E-state index contributed by atoms with van der Waals surface area (Å²) in [5, 5.41) is 9.91. The predicted molar refractivity (Wildman–Crippen MR) is 120 cm³/mol. The highest BCUT2D eigenvalue weighted by molar-refractivity contribution is 5.90. The molecular formula is C27H26F2O3. The van der Waals surface area contributed by atoms with Crippen molar-refractivity contribution in [2.24, 2.45) is 5.41 Å². The lowest BCUT2D eigenvalue weighted by Gasteiger charge is -2.34. The van der Waals surface area contributed by atoms with E-state index >= 15 is 0 Å². The monoisotopic (exact) mass is 436 g/mol. The first kappa shape index (κ1) is 22.2. The van der Waals surface area contributed by atoms with Crippen LogP contribution >= 0.6 is 0 Å². The number of carbonyl (C=O) groups is 1. The van der Waals surface area contributed by atoms with Gasteiger partial charge >= 0.3 is 5.97 Å². The zero-order chi connectivity index (χ0) is 22.9. The van der Waals surface area contributed by atoms with Crippen molar-refractivity contribution in [3.63, 3.8) is 0 Å². The molecule has 0 bridgehead atoms. The Morgan fingerprint density at radius 1 is 1.00 bits per heavy atom. The van der Waals surface area contributed by atoms with E-state index in [0.717, 1.165) is 34.3 Å². The number of rotatable bonds is 4. The van der Waals surface area contributed by atoms with Gasteiger partial charge in [0.05, 0.1) is 12.5 Å². The summed E-state index contributed by atoms with van der Waals surface area (Å²) in [6.07, 6.45) is 5.72. The van der Waals surface area contributed by atoms with E-state index in [0.29, 0.717) is 6.42 Å². The van der Waals surface area contributed by atoms with Crippen molar-refractivity contribution < 1.29 is 23.4 Å². The number of ether oxygens (including phenoxy) is 1. The molecule has 1 fully saturated rings. The minimum Gasteiger partial charge on any atom is -0.458 e. The molecule has 2 aromatic rings. The number of benzene rings is 2. The van der Waals surface area contributed by atoms with Gasteiger partial charge in [0.1, 0.15) is 17.7 Å². The average Bonchev–Trinajstić information content (AvgIpc) is 2.72.